The molecule has 12 heavy (non-hydrogen) atoms. The van der Waals surface area contributed by atoms with Crippen LogP contribution in [-0.2, 0) is 0 Å². The van der Waals surface area contributed by atoms with Gasteiger partial charge >= 0.3 is 0 Å². The van der Waals surface area contributed by atoms with Crippen LogP contribution in [0.3, 0.4) is 0 Å². The minimum absolute atomic E-state index is 0.801. The number of hydrogen-bond acceptors (Lipinski definition) is 1. The Labute approximate surface area is 76.0 Å². The summed E-state index contributed by atoms with van der Waals surface area (Å²) in [6.07, 6.45) is 0. The van der Waals surface area contributed by atoms with E-state index in [4.69, 9.17) is 5.26 Å². The van der Waals surface area contributed by atoms with Crippen LogP contribution in [0.1, 0.15) is 11.1 Å². The van der Waals surface area contributed by atoms with Gasteiger partial charge in [0.1, 0.15) is 23.5 Å². The van der Waals surface area contributed by atoms with Crippen molar-refractivity contribution in [2.45, 2.75) is 6.92 Å². The fourth-order valence-electron chi connectivity index (χ4n) is 1.33. The van der Waals surface area contributed by atoms with Gasteiger partial charge in [0.15, 0.2) is 0 Å². The molecule has 0 N–H and O–H groups in total. The van der Waals surface area contributed by atoms with Crippen LogP contribution >= 0.6 is 0 Å². The minimum Gasteiger partial charge on any atom is -0.192 e. The number of nitriles is 1. The first-order chi connectivity index (χ1) is 5.57. The smallest absolute Gasteiger partial charge is 0.140 e. The average Bonchev–Trinajstić information content (AvgIpc) is 2.08. The lowest BCUT2D eigenvalue weighted by atomic mass is 9.71. The first-order valence-corrected chi connectivity index (χ1v) is 4.05. The second-order valence-electron chi connectivity index (χ2n) is 3.23. The molecule has 1 rings (SSSR count). The Bertz CT molecular complexity index is 366. The Hall–Kier alpha value is -1.10. The van der Waals surface area contributed by atoms with E-state index in [2.05, 4.69) is 20.8 Å². The quantitative estimate of drug-likeness (QED) is 0.357. The lowest BCUT2D eigenvalue weighted by Gasteiger charge is -2.09. The average molecular weight is 153 g/mol. The van der Waals surface area contributed by atoms with Crippen LogP contribution < -0.4 is 16.4 Å². The highest BCUT2D eigenvalue weighted by molar-refractivity contribution is 6.52. The van der Waals surface area contributed by atoms with Crippen LogP contribution in [0, 0.1) is 18.3 Å². The number of rotatable bonds is 0. The van der Waals surface area contributed by atoms with E-state index in [9.17, 15) is 0 Å². The molecule has 0 fully saturated rings. The van der Waals surface area contributed by atoms with Gasteiger partial charge in [-0.25, -0.2) is 0 Å². The van der Waals surface area contributed by atoms with Gasteiger partial charge in [0.25, 0.3) is 0 Å². The van der Waals surface area contributed by atoms with Crippen molar-refractivity contribution in [3.05, 3.63) is 17.2 Å². The van der Waals surface area contributed by atoms with E-state index in [1.54, 1.807) is 0 Å². The van der Waals surface area contributed by atoms with E-state index in [0.29, 0.717) is 0 Å². The predicted octanol–water partition coefficient (Wildman–Crippen LogP) is -3.36. The Morgan fingerprint density at radius 1 is 1.25 bits per heavy atom. The lowest BCUT2D eigenvalue weighted by Crippen LogP contribution is -2.36. The summed E-state index contributed by atoms with van der Waals surface area (Å²) in [5.74, 6) is 0. The second-order valence-corrected chi connectivity index (χ2v) is 3.23. The van der Waals surface area contributed by atoms with Crippen molar-refractivity contribution < 1.29 is 0 Å². The molecule has 0 unspecified atom stereocenters. The van der Waals surface area contributed by atoms with Gasteiger partial charge in [-0.15, -0.1) is 0 Å². The van der Waals surface area contributed by atoms with Crippen molar-refractivity contribution in [1.29, 1.82) is 5.26 Å². The topological polar surface area (TPSA) is 23.8 Å². The standard InChI is InChI=1S/C8H10B3N/c1-4-6(9)2-5(3-12)8(11)7(4)10/h2H,9-11H2,1H3. The molecule has 0 aliphatic carbocycles. The maximum absolute atomic E-state index is 8.81. The van der Waals surface area contributed by atoms with Crippen LogP contribution in [0.25, 0.3) is 0 Å². The molecule has 1 nitrogen and oxygen atoms in total. The summed E-state index contributed by atoms with van der Waals surface area (Å²) in [5, 5.41) is 8.81. The summed E-state index contributed by atoms with van der Waals surface area (Å²) in [7, 11) is 6.11. The summed E-state index contributed by atoms with van der Waals surface area (Å²) < 4.78 is 0. The van der Waals surface area contributed by atoms with Crippen LogP contribution in [-0.4, -0.2) is 23.5 Å². The Morgan fingerprint density at radius 2 is 1.83 bits per heavy atom. The van der Waals surface area contributed by atoms with Crippen LogP contribution in [0.4, 0.5) is 0 Å². The number of nitrogens with zero attached hydrogens (tertiary/aromatic N) is 1. The molecule has 0 saturated carbocycles. The van der Waals surface area contributed by atoms with Gasteiger partial charge in [0.05, 0.1) is 6.07 Å². The van der Waals surface area contributed by atoms with Gasteiger partial charge in [-0.1, -0.05) is 28.0 Å². The van der Waals surface area contributed by atoms with Gasteiger partial charge in [-0.05, 0) is 6.92 Å². The van der Waals surface area contributed by atoms with E-state index in [-0.39, 0.29) is 0 Å². The first kappa shape index (κ1) is 9.00. The highest BCUT2D eigenvalue weighted by Gasteiger charge is 2.04. The summed E-state index contributed by atoms with van der Waals surface area (Å²) in [6, 6.07) is 4.16. The highest BCUT2D eigenvalue weighted by Crippen LogP contribution is 1.91. The first-order valence-electron chi connectivity index (χ1n) is 4.05. The van der Waals surface area contributed by atoms with Crippen LogP contribution in [0.15, 0.2) is 6.07 Å². The van der Waals surface area contributed by atoms with Gasteiger partial charge in [0, 0.05) is 5.56 Å². The summed E-state index contributed by atoms with van der Waals surface area (Å²) in [5.41, 5.74) is 5.66. The van der Waals surface area contributed by atoms with E-state index in [1.807, 2.05) is 21.8 Å². The molecule has 56 valence electrons. The molecule has 0 radical (unpaired) electrons. The fourth-order valence-corrected chi connectivity index (χ4v) is 1.33. The van der Waals surface area contributed by atoms with E-state index in [0.717, 1.165) is 11.0 Å². The van der Waals surface area contributed by atoms with Crippen molar-refractivity contribution in [1.82, 2.24) is 0 Å². The van der Waals surface area contributed by atoms with Crippen molar-refractivity contribution in [3.8, 4) is 6.07 Å². The molecule has 0 heterocycles. The zero-order valence-electron chi connectivity index (χ0n) is 8.02. The highest BCUT2D eigenvalue weighted by atomic mass is 14.2. The zero-order chi connectivity index (χ0) is 9.30. The molecule has 0 aliphatic heterocycles. The molecular formula is C8H10B3N. The van der Waals surface area contributed by atoms with Gasteiger partial charge in [-0.3, -0.25) is 0 Å². The summed E-state index contributed by atoms with van der Waals surface area (Å²) in [6.45, 7) is 2.10. The summed E-state index contributed by atoms with van der Waals surface area (Å²) >= 11 is 0. The van der Waals surface area contributed by atoms with Crippen molar-refractivity contribution in [2.75, 3.05) is 0 Å². The van der Waals surface area contributed by atoms with Crippen molar-refractivity contribution in [3.63, 3.8) is 0 Å². The Balaban J connectivity index is 3.52. The van der Waals surface area contributed by atoms with Gasteiger partial charge < -0.3 is 0 Å². The van der Waals surface area contributed by atoms with Gasteiger partial charge in [0.2, 0.25) is 0 Å². The molecule has 0 atom stereocenters. The third-order valence-corrected chi connectivity index (χ3v) is 2.60. The largest absolute Gasteiger partial charge is 0.192 e. The SMILES string of the molecule is Bc1cc(C#N)c(B)c(B)c1C. The lowest BCUT2D eigenvalue weighted by molar-refractivity contribution is 1.49. The molecule has 1 aromatic carbocycles. The predicted molar refractivity (Wildman–Crippen MR) is 60.4 cm³/mol. The monoisotopic (exact) mass is 153 g/mol. The molecule has 1 aromatic rings. The summed E-state index contributed by atoms with van der Waals surface area (Å²) in [4.78, 5) is 0. The molecular weight excluding hydrogens is 143 g/mol. The van der Waals surface area contributed by atoms with E-state index < -0.39 is 0 Å². The third kappa shape index (κ3) is 1.27. The Morgan fingerprint density at radius 3 is 2.33 bits per heavy atom. The Kier molecular flexibility index (Phi) is 2.33. The van der Waals surface area contributed by atoms with E-state index >= 15 is 0 Å². The molecule has 0 saturated heterocycles. The normalized spacial score (nSPS) is 9.33. The van der Waals surface area contributed by atoms with Crippen LogP contribution in [0.5, 0.6) is 0 Å². The molecule has 0 amide bonds. The molecule has 0 aliphatic rings. The molecule has 4 heteroatoms. The van der Waals surface area contributed by atoms with Gasteiger partial charge in [-0.2, -0.15) is 5.26 Å². The van der Waals surface area contributed by atoms with Crippen molar-refractivity contribution >= 4 is 39.9 Å². The molecule has 0 spiro atoms. The number of benzene rings is 1. The minimum atomic E-state index is 0.801. The fraction of sp³-hybridized carbons (Fsp3) is 0.125. The molecule has 0 aromatic heterocycles. The number of hydrogen-bond donors (Lipinski definition) is 0. The second kappa shape index (κ2) is 3.10. The van der Waals surface area contributed by atoms with Crippen LogP contribution in [0.2, 0.25) is 0 Å². The van der Waals surface area contributed by atoms with Crippen molar-refractivity contribution in [2.24, 2.45) is 0 Å². The maximum Gasteiger partial charge on any atom is 0.140 e. The third-order valence-electron chi connectivity index (χ3n) is 2.60. The van der Waals surface area contributed by atoms with E-state index in [1.165, 1.54) is 16.5 Å². The zero-order valence-corrected chi connectivity index (χ0v) is 8.02. The maximum atomic E-state index is 8.81. The molecule has 0 bridgehead atoms.